The Labute approximate surface area is 157 Å². The average Bonchev–Trinajstić information content (AvgIpc) is 2.73. The lowest BCUT2D eigenvalue weighted by Crippen LogP contribution is -2.28. The highest BCUT2D eigenvalue weighted by Gasteiger charge is 2.33. The van der Waals surface area contributed by atoms with Gasteiger partial charge in [-0.05, 0) is 36.8 Å². The van der Waals surface area contributed by atoms with Gasteiger partial charge in [-0.15, -0.1) is 0 Å². The van der Waals surface area contributed by atoms with Crippen LogP contribution in [0.15, 0.2) is 60.7 Å². The van der Waals surface area contributed by atoms with E-state index in [2.05, 4.69) is 60.7 Å². The third kappa shape index (κ3) is 4.35. The molecule has 0 aromatic heterocycles. The third-order valence-electron chi connectivity index (χ3n) is 6.06. The number of carboxylic acids is 1. The minimum Gasteiger partial charge on any atom is -0.481 e. The first-order valence-electron chi connectivity index (χ1n) is 10.1. The van der Waals surface area contributed by atoms with Gasteiger partial charge in [0.05, 0.1) is 5.92 Å². The van der Waals surface area contributed by atoms with E-state index >= 15 is 0 Å². The molecule has 2 aromatic rings. The summed E-state index contributed by atoms with van der Waals surface area (Å²) < 4.78 is 0. The molecule has 1 saturated carbocycles. The molecule has 0 radical (unpaired) electrons. The van der Waals surface area contributed by atoms with E-state index < -0.39 is 5.97 Å². The Balaban J connectivity index is 1.91. The van der Waals surface area contributed by atoms with E-state index in [1.54, 1.807) is 0 Å². The molecule has 0 amide bonds. The average molecular weight is 351 g/mol. The van der Waals surface area contributed by atoms with Crippen molar-refractivity contribution < 1.29 is 9.90 Å². The summed E-state index contributed by atoms with van der Waals surface area (Å²) in [5.41, 5.74) is 2.85. The van der Waals surface area contributed by atoms with E-state index in [9.17, 15) is 9.90 Å². The maximum Gasteiger partial charge on any atom is 0.306 e. The van der Waals surface area contributed by atoms with Crippen LogP contribution in [-0.4, -0.2) is 11.1 Å². The van der Waals surface area contributed by atoms with Crippen molar-refractivity contribution in [3.63, 3.8) is 0 Å². The number of rotatable bonds is 3. The molecular formula is C24H30O2. The smallest absolute Gasteiger partial charge is 0.306 e. The fourth-order valence-corrected chi connectivity index (χ4v) is 4.59. The van der Waals surface area contributed by atoms with E-state index in [-0.39, 0.29) is 11.3 Å². The molecule has 1 N–H and O–H groups in total. The highest BCUT2D eigenvalue weighted by atomic mass is 16.4. The molecule has 3 rings (SSSR count). The Bertz CT molecular complexity index is 638. The predicted octanol–water partition coefficient (Wildman–Crippen LogP) is 6.20. The summed E-state index contributed by atoms with van der Waals surface area (Å²) >= 11 is 0. The van der Waals surface area contributed by atoms with Crippen molar-refractivity contribution in [3.05, 3.63) is 71.8 Å². The second-order valence-electron chi connectivity index (χ2n) is 7.69. The van der Waals surface area contributed by atoms with E-state index in [1.807, 2.05) is 0 Å². The van der Waals surface area contributed by atoms with Crippen molar-refractivity contribution >= 4 is 5.97 Å². The molecule has 0 bridgehead atoms. The second-order valence-corrected chi connectivity index (χ2v) is 7.69. The first kappa shape index (κ1) is 18.7. The third-order valence-corrected chi connectivity index (χ3v) is 6.06. The molecular weight excluding hydrogens is 320 g/mol. The Hall–Kier alpha value is -2.09. The second kappa shape index (κ2) is 9.02. The highest BCUT2D eigenvalue weighted by Crippen LogP contribution is 2.42. The van der Waals surface area contributed by atoms with Crippen molar-refractivity contribution in [1.29, 1.82) is 0 Å². The molecule has 0 spiro atoms. The summed E-state index contributed by atoms with van der Waals surface area (Å²) in [5.74, 6) is -0.766. The van der Waals surface area contributed by atoms with Crippen LogP contribution >= 0.6 is 0 Å². The van der Waals surface area contributed by atoms with Gasteiger partial charge in [0.15, 0.2) is 0 Å². The molecule has 1 fully saturated rings. The van der Waals surface area contributed by atoms with Gasteiger partial charge in [-0.2, -0.15) is 0 Å². The van der Waals surface area contributed by atoms with Gasteiger partial charge in [-0.1, -0.05) is 92.8 Å². The van der Waals surface area contributed by atoms with E-state index in [1.165, 1.54) is 11.1 Å². The Morgan fingerprint density at radius 1 is 0.731 bits per heavy atom. The summed E-state index contributed by atoms with van der Waals surface area (Å²) in [5, 5.41) is 9.45. The minimum atomic E-state index is -0.610. The van der Waals surface area contributed by atoms with Crippen LogP contribution in [-0.2, 0) is 10.2 Å². The van der Waals surface area contributed by atoms with Gasteiger partial charge in [0.2, 0.25) is 0 Å². The Morgan fingerprint density at radius 2 is 1.19 bits per heavy atom. The molecule has 1 aliphatic carbocycles. The number of carboxylic acid groups (broad SMARTS) is 1. The lowest BCUT2D eigenvalue weighted by atomic mass is 9.68. The van der Waals surface area contributed by atoms with Crippen LogP contribution in [0.4, 0.5) is 0 Å². The van der Waals surface area contributed by atoms with Crippen LogP contribution in [0.1, 0.15) is 68.9 Å². The number of hydrogen-bond acceptors (Lipinski definition) is 1. The standard InChI is InChI=1S/C24H30O2/c25-23(26)20-12-4-3-10-18-24(19-11-9-13-20,21-14-5-1-6-15-21)22-16-7-2-8-17-22/h1-2,5-8,14-17,20H,3-4,9-13,18-19H2,(H,25,26). The number of carbonyl (C=O) groups is 1. The molecule has 2 heteroatoms. The molecule has 1 unspecified atom stereocenters. The van der Waals surface area contributed by atoms with Crippen molar-refractivity contribution in [1.82, 2.24) is 0 Å². The first-order valence-corrected chi connectivity index (χ1v) is 10.1. The fourth-order valence-electron chi connectivity index (χ4n) is 4.59. The monoisotopic (exact) mass is 350 g/mol. The summed E-state index contributed by atoms with van der Waals surface area (Å²) in [6.45, 7) is 0. The molecule has 2 aromatic carbocycles. The normalized spacial score (nSPS) is 21.5. The zero-order valence-electron chi connectivity index (χ0n) is 15.6. The van der Waals surface area contributed by atoms with Crippen LogP contribution in [0.5, 0.6) is 0 Å². The summed E-state index contributed by atoms with van der Waals surface area (Å²) in [4.78, 5) is 11.5. The van der Waals surface area contributed by atoms with Crippen molar-refractivity contribution in [3.8, 4) is 0 Å². The van der Waals surface area contributed by atoms with Crippen LogP contribution in [0.3, 0.4) is 0 Å². The topological polar surface area (TPSA) is 37.3 Å². The molecule has 1 aliphatic rings. The van der Waals surface area contributed by atoms with Crippen LogP contribution in [0.25, 0.3) is 0 Å². The molecule has 26 heavy (non-hydrogen) atoms. The van der Waals surface area contributed by atoms with Gasteiger partial charge >= 0.3 is 5.97 Å². The zero-order chi connectivity index (χ0) is 18.2. The van der Waals surface area contributed by atoms with Gasteiger partial charge in [0, 0.05) is 5.41 Å². The first-order chi connectivity index (χ1) is 12.7. The van der Waals surface area contributed by atoms with Crippen molar-refractivity contribution in [2.24, 2.45) is 5.92 Å². The summed E-state index contributed by atoms with van der Waals surface area (Å²) in [7, 11) is 0. The summed E-state index contributed by atoms with van der Waals surface area (Å²) in [6, 6.07) is 21.8. The van der Waals surface area contributed by atoms with Gasteiger partial charge in [-0.3, -0.25) is 4.79 Å². The number of benzene rings is 2. The predicted molar refractivity (Wildman–Crippen MR) is 106 cm³/mol. The largest absolute Gasteiger partial charge is 0.481 e. The summed E-state index contributed by atoms with van der Waals surface area (Å²) in [6.07, 6.45) is 9.24. The SMILES string of the molecule is O=C(O)C1CCCCCC(c2ccccc2)(c2ccccc2)CCCC1. The lowest BCUT2D eigenvalue weighted by molar-refractivity contribution is -0.142. The molecule has 0 aliphatic heterocycles. The van der Waals surface area contributed by atoms with Gasteiger partial charge < -0.3 is 5.11 Å². The highest BCUT2D eigenvalue weighted by molar-refractivity contribution is 5.69. The zero-order valence-corrected chi connectivity index (χ0v) is 15.6. The Morgan fingerprint density at radius 3 is 1.69 bits per heavy atom. The van der Waals surface area contributed by atoms with Crippen LogP contribution < -0.4 is 0 Å². The number of hydrogen-bond donors (Lipinski definition) is 1. The lowest BCUT2D eigenvalue weighted by Gasteiger charge is -2.36. The van der Waals surface area contributed by atoms with Crippen molar-refractivity contribution in [2.75, 3.05) is 0 Å². The molecule has 0 saturated heterocycles. The van der Waals surface area contributed by atoms with E-state index in [0.717, 1.165) is 57.8 Å². The molecule has 2 nitrogen and oxygen atoms in total. The molecule has 0 heterocycles. The number of aliphatic carboxylic acids is 1. The van der Waals surface area contributed by atoms with Gasteiger partial charge in [-0.25, -0.2) is 0 Å². The molecule has 1 atom stereocenters. The van der Waals surface area contributed by atoms with Crippen molar-refractivity contribution in [2.45, 2.75) is 63.2 Å². The maximum atomic E-state index is 11.5. The van der Waals surface area contributed by atoms with Gasteiger partial charge in [0.25, 0.3) is 0 Å². The maximum absolute atomic E-state index is 11.5. The quantitative estimate of drug-likeness (QED) is 0.716. The van der Waals surface area contributed by atoms with Crippen LogP contribution in [0.2, 0.25) is 0 Å². The van der Waals surface area contributed by atoms with Gasteiger partial charge in [0.1, 0.15) is 0 Å². The Kier molecular flexibility index (Phi) is 6.49. The minimum absolute atomic E-state index is 0.0472. The van der Waals surface area contributed by atoms with E-state index in [0.29, 0.717) is 0 Å². The van der Waals surface area contributed by atoms with E-state index in [4.69, 9.17) is 0 Å². The molecule has 138 valence electrons. The van der Waals surface area contributed by atoms with Crippen LogP contribution in [0, 0.1) is 5.92 Å². The fraction of sp³-hybridized carbons (Fsp3) is 0.458.